The summed E-state index contributed by atoms with van der Waals surface area (Å²) in [6, 6.07) is 13.2. The number of unbranched alkanes of at least 4 members (excludes halogenated alkanes) is 6. The van der Waals surface area contributed by atoms with Gasteiger partial charge in [0, 0.05) is 0 Å². The van der Waals surface area contributed by atoms with Gasteiger partial charge in [0.2, 0.25) is 0 Å². The Labute approximate surface area is 256 Å². The zero-order valence-electron chi connectivity index (χ0n) is 27.1. The molecule has 2 N–H and O–H groups in total. The number of aliphatic carboxylic acids is 2. The summed E-state index contributed by atoms with van der Waals surface area (Å²) in [5.74, 6) is -0.566. The molecular weight excluding hydrogens is 520 g/mol. The van der Waals surface area contributed by atoms with Crippen molar-refractivity contribution in [2.75, 3.05) is 0 Å². The largest absolute Gasteiger partial charge is 0.481 e. The summed E-state index contributed by atoms with van der Waals surface area (Å²) < 4.78 is 0. The highest BCUT2D eigenvalue weighted by Gasteiger charge is 2.23. The van der Waals surface area contributed by atoms with Crippen molar-refractivity contribution in [3.8, 4) is 0 Å². The summed E-state index contributed by atoms with van der Waals surface area (Å²) in [4.78, 5) is 23.1. The number of carboxylic acids is 2. The van der Waals surface area contributed by atoms with Gasteiger partial charge < -0.3 is 10.2 Å². The zero-order chi connectivity index (χ0) is 30.7. The minimum absolute atomic E-state index is 0.0827. The van der Waals surface area contributed by atoms with Crippen LogP contribution in [0.3, 0.4) is 0 Å². The summed E-state index contributed by atoms with van der Waals surface area (Å²) in [5, 5.41) is 19.0. The number of benzene rings is 2. The molecule has 0 spiro atoms. The van der Waals surface area contributed by atoms with Gasteiger partial charge in [-0.3, -0.25) is 9.59 Å². The van der Waals surface area contributed by atoms with Crippen molar-refractivity contribution in [2.24, 2.45) is 5.92 Å². The summed E-state index contributed by atoms with van der Waals surface area (Å²) in [7, 11) is 0. The van der Waals surface area contributed by atoms with Gasteiger partial charge in [-0.2, -0.15) is 0 Å². The fourth-order valence-corrected chi connectivity index (χ4v) is 6.52. The van der Waals surface area contributed by atoms with Gasteiger partial charge >= 0.3 is 11.9 Å². The van der Waals surface area contributed by atoms with Crippen molar-refractivity contribution in [3.63, 3.8) is 0 Å². The van der Waals surface area contributed by atoms with Crippen LogP contribution in [0, 0.1) is 5.92 Å². The molecule has 0 heterocycles. The van der Waals surface area contributed by atoms with Crippen LogP contribution >= 0.6 is 0 Å². The summed E-state index contributed by atoms with van der Waals surface area (Å²) in [6.07, 6.45) is 18.3. The van der Waals surface area contributed by atoms with Gasteiger partial charge in [-0.25, -0.2) is 0 Å². The minimum Gasteiger partial charge on any atom is -0.481 e. The van der Waals surface area contributed by atoms with Crippen molar-refractivity contribution >= 4 is 11.9 Å². The number of rotatable bonds is 23. The van der Waals surface area contributed by atoms with Crippen LogP contribution in [0.4, 0.5) is 0 Å². The van der Waals surface area contributed by atoms with E-state index in [9.17, 15) is 19.8 Å². The number of carbonyl (C=O) groups is 2. The topological polar surface area (TPSA) is 74.6 Å². The van der Waals surface area contributed by atoms with Gasteiger partial charge in [-0.05, 0) is 96.6 Å². The predicted octanol–water partition coefficient (Wildman–Crippen LogP) is 10.1. The van der Waals surface area contributed by atoms with Gasteiger partial charge in [-0.1, -0.05) is 115 Å². The third kappa shape index (κ3) is 13.6. The average Bonchev–Trinajstić information content (AvgIpc) is 2.94. The maximum atomic E-state index is 11.6. The first-order valence-electron chi connectivity index (χ1n) is 17.0. The van der Waals surface area contributed by atoms with Gasteiger partial charge in [0.25, 0.3) is 0 Å². The smallest absolute Gasteiger partial charge is 0.307 e. The van der Waals surface area contributed by atoms with Gasteiger partial charge in [0.1, 0.15) is 0 Å². The second kappa shape index (κ2) is 20.3. The van der Waals surface area contributed by atoms with Crippen LogP contribution in [0.1, 0.15) is 150 Å². The lowest BCUT2D eigenvalue weighted by Crippen LogP contribution is -2.15. The van der Waals surface area contributed by atoms with Crippen LogP contribution in [0.15, 0.2) is 36.4 Å². The molecule has 4 heteroatoms. The van der Waals surface area contributed by atoms with E-state index in [-0.39, 0.29) is 12.8 Å². The molecule has 234 valence electrons. The van der Waals surface area contributed by atoms with Gasteiger partial charge in [0.15, 0.2) is 0 Å². The van der Waals surface area contributed by atoms with E-state index in [0.29, 0.717) is 11.8 Å². The van der Waals surface area contributed by atoms with Gasteiger partial charge in [-0.15, -0.1) is 0 Å². The molecule has 0 radical (unpaired) electrons. The number of carboxylic acid groups (broad SMARTS) is 2. The lowest BCUT2D eigenvalue weighted by molar-refractivity contribution is -0.137. The van der Waals surface area contributed by atoms with Crippen molar-refractivity contribution in [1.29, 1.82) is 0 Å². The molecule has 4 nitrogen and oxygen atoms in total. The Kier molecular flexibility index (Phi) is 17.2. The first-order valence-corrected chi connectivity index (χ1v) is 17.0. The standard InChI is InChI=1S/C38H58O4/c1-5-9-12-14-17-29-21-30(23-32(22-29)27-37(39)40)18-15-19-34(8-4)36(20-11-7-3)35-25-31(16-13-10-6-2)24-33(26-35)28-38(41)42/h21-26,34,36H,5-20,27-28H2,1-4H3,(H,39,40)(H,41,42). The van der Waals surface area contributed by atoms with Crippen molar-refractivity contribution in [3.05, 3.63) is 69.8 Å². The Morgan fingerprint density at radius 2 is 1.00 bits per heavy atom. The first-order chi connectivity index (χ1) is 20.3. The molecule has 2 atom stereocenters. The molecule has 0 aliphatic rings. The Morgan fingerprint density at radius 3 is 1.55 bits per heavy atom. The molecule has 0 aromatic heterocycles. The Hall–Kier alpha value is -2.62. The SMILES string of the molecule is CCCCCCc1cc(CCCC(CC)C(CCCC)c2cc(CCCCC)cc(CC(=O)O)c2)cc(CC(=O)O)c1. The number of hydrogen-bond donors (Lipinski definition) is 2. The fourth-order valence-electron chi connectivity index (χ4n) is 6.52. The van der Waals surface area contributed by atoms with E-state index < -0.39 is 11.9 Å². The predicted molar refractivity (Wildman–Crippen MR) is 176 cm³/mol. The van der Waals surface area contributed by atoms with Crippen LogP contribution < -0.4 is 0 Å². The third-order valence-corrected chi connectivity index (χ3v) is 8.72. The Balaban J connectivity index is 2.23. The van der Waals surface area contributed by atoms with Gasteiger partial charge in [0.05, 0.1) is 12.8 Å². The average molecular weight is 579 g/mol. The van der Waals surface area contributed by atoms with Crippen LogP contribution in [-0.2, 0) is 41.7 Å². The Morgan fingerprint density at radius 1 is 0.548 bits per heavy atom. The van der Waals surface area contributed by atoms with Crippen LogP contribution in [-0.4, -0.2) is 22.2 Å². The summed E-state index contributed by atoms with van der Waals surface area (Å²) in [5.41, 5.74) is 7.02. The summed E-state index contributed by atoms with van der Waals surface area (Å²) >= 11 is 0. The summed E-state index contributed by atoms with van der Waals surface area (Å²) in [6.45, 7) is 8.99. The maximum absolute atomic E-state index is 11.6. The normalized spacial score (nSPS) is 12.8. The molecule has 2 unspecified atom stereocenters. The first kappa shape index (κ1) is 35.6. The molecule has 0 aliphatic carbocycles. The van der Waals surface area contributed by atoms with E-state index >= 15 is 0 Å². The molecule has 42 heavy (non-hydrogen) atoms. The molecule has 0 saturated carbocycles. The highest BCUT2D eigenvalue weighted by atomic mass is 16.4. The van der Waals surface area contributed by atoms with Crippen LogP contribution in [0.25, 0.3) is 0 Å². The lowest BCUT2D eigenvalue weighted by atomic mass is 9.77. The molecule has 0 fully saturated rings. The van der Waals surface area contributed by atoms with E-state index in [1.165, 1.54) is 60.8 Å². The molecule has 2 aromatic rings. The second-order valence-electron chi connectivity index (χ2n) is 12.5. The number of aryl methyl sites for hydroxylation is 3. The monoisotopic (exact) mass is 578 g/mol. The maximum Gasteiger partial charge on any atom is 0.307 e. The molecule has 0 amide bonds. The lowest BCUT2D eigenvalue weighted by Gasteiger charge is -2.28. The van der Waals surface area contributed by atoms with Crippen LogP contribution in [0.2, 0.25) is 0 Å². The molecule has 0 bridgehead atoms. The minimum atomic E-state index is -0.770. The fraction of sp³-hybridized carbons (Fsp3) is 0.632. The Bertz CT molecular complexity index is 1070. The third-order valence-electron chi connectivity index (χ3n) is 8.72. The molecule has 0 saturated heterocycles. The second-order valence-corrected chi connectivity index (χ2v) is 12.5. The highest BCUT2D eigenvalue weighted by molar-refractivity contribution is 5.70. The van der Waals surface area contributed by atoms with Crippen molar-refractivity contribution < 1.29 is 19.8 Å². The van der Waals surface area contributed by atoms with Crippen LogP contribution in [0.5, 0.6) is 0 Å². The van der Waals surface area contributed by atoms with Crippen molar-refractivity contribution in [1.82, 2.24) is 0 Å². The van der Waals surface area contributed by atoms with E-state index in [4.69, 9.17) is 0 Å². The van der Waals surface area contributed by atoms with Crippen molar-refractivity contribution in [2.45, 2.75) is 149 Å². The van der Waals surface area contributed by atoms with E-state index in [0.717, 1.165) is 75.3 Å². The molecule has 0 aliphatic heterocycles. The number of hydrogen-bond acceptors (Lipinski definition) is 2. The van der Waals surface area contributed by atoms with E-state index in [2.05, 4.69) is 64.1 Å². The molecular formula is C38H58O4. The van der Waals surface area contributed by atoms with E-state index in [1.807, 2.05) is 0 Å². The highest BCUT2D eigenvalue weighted by Crippen LogP contribution is 2.37. The molecule has 2 aromatic carbocycles. The quantitative estimate of drug-likeness (QED) is 0.129. The van der Waals surface area contributed by atoms with E-state index in [1.54, 1.807) is 0 Å². The molecule has 2 rings (SSSR count). The zero-order valence-corrected chi connectivity index (χ0v) is 27.1.